The Morgan fingerprint density at radius 2 is 1.53 bits per heavy atom. The van der Waals surface area contributed by atoms with Gasteiger partial charge in [-0.15, -0.1) is 0 Å². The average Bonchev–Trinajstić information content (AvgIpc) is 2.78. The summed E-state index contributed by atoms with van der Waals surface area (Å²) in [6, 6.07) is 18.6. The zero-order chi connectivity index (χ0) is 21.3. The molecular weight excluding hydrogens is 402 g/mol. The fraction of sp³-hybridized carbons (Fsp3) is 0.182. The topological polar surface area (TPSA) is 102 Å². The van der Waals surface area contributed by atoms with Crippen LogP contribution < -0.4 is 0 Å². The van der Waals surface area contributed by atoms with E-state index in [1.807, 2.05) is 30.3 Å². The van der Waals surface area contributed by atoms with Gasteiger partial charge in [0, 0.05) is 26.2 Å². The molecule has 1 amide bonds. The summed E-state index contributed by atoms with van der Waals surface area (Å²) in [4.78, 5) is 14.5. The average molecular weight is 421 g/mol. The van der Waals surface area contributed by atoms with E-state index < -0.39 is 10.0 Å². The maximum atomic E-state index is 12.9. The highest BCUT2D eigenvalue weighted by Crippen LogP contribution is 2.27. The lowest BCUT2D eigenvalue weighted by Crippen LogP contribution is -2.50. The van der Waals surface area contributed by atoms with Gasteiger partial charge >= 0.3 is 0 Å². The van der Waals surface area contributed by atoms with Crippen LogP contribution in [0, 0.1) is 11.3 Å². The van der Waals surface area contributed by atoms with Gasteiger partial charge in [-0.1, -0.05) is 36.4 Å². The first-order chi connectivity index (χ1) is 14.4. The summed E-state index contributed by atoms with van der Waals surface area (Å²) < 4.78 is 27.2. The lowest BCUT2D eigenvalue weighted by molar-refractivity contribution is 0.0695. The predicted octanol–water partition coefficient (Wildman–Crippen LogP) is 2.56. The summed E-state index contributed by atoms with van der Waals surface area (Å²) in [5.41, 5.74) is 0.289. The highest BCUT2D eigenvalue weighted by atomic mass is 32.2. The van der Waals surface area contributed by atoms with Gasteiger partial charge in [-0.05, 0) is 35.0 Å². The maximum Gasteiger partial charge on any atom is 0.257 e. The first kappa shape index (κ1) is 19.9. The molecule has 0 radical (unpaired) electrons. The van der Waals surface area contributed by atoms with Gasteiger partial charge in [0.1, 0.15) is 11.8 Å². The van der Waals surface area contributed by atoms with Gasteiger partial charge in [-0.2, -0.15) is 9.57 Å². The van der Waals surface area contributed by atoms with Gasteiger partial charge in [-0.3, -0.25) is 4.79 Å². The zero-order valence-corrected chi connectivity index (χ0v) is 16.8. The Hall–Kier alpha value is -3.41. The minimum Gasteiger partial charge on any atom is -0.507 e. The Labute approximate surface area is 174 Å². The van der Waals surface area contributed by atoms with Gasteiger partial charge in [0.05, 0.1) is 16.0 Å². The largest absolute Gasteiger partial charge is 0.507 e. The van der Waals surface area contributed by atoms with Crippen LogP contribution in [0.15, 0.2) is 65.6 Å². The molecule has 4 rings (SSSR count). The van der Waals surface area contributed by atoms with Crippen molar-refractivity contribution in [2.45, 2.75) is 4.90 Å². The number of phenolic OH excluding ortho intramolecular Hbond substituents is 1. The first-order valence-electron chi connectivity index (χ1n) is 9.42. The third-order valence-electron chi connectivity index (χ3n) is 5.25. The number of piperazine rings is 1. The molecule has 0 aliphatic carbocycles. The Kier molecular flexibility index (Phi) is 5.16. The molecule has 1 heterocycles. The number of hydrogen-bond acceptors (Lipinski definition) is 5. The first-order valence-corrected chi connectivity index (χ1v) is 10.9. The van der Waals surface area contributed by atoms with E-state index in [1.165, 1.54) is 21.3 Å². The molecule has 3 aromatic rings. The highest BCUT2D eigenvalue weighted by Gasteiger charge is 2.32. The van der Waals surface area contributed by atoms with Crippen molar-refractivity contribution in [1.82, 2.24) is 9.21 Å². The fourth-order valence-corrected chi connectivity index (χ4v) is 5.19. The molecule has 8 heteroatoms. The number of fused-ring (bicyclic) bond motifs is 1. The molecule has 1 aliphatic heterocycles. The molecule has 0 atom stereocenters. The van der Waals surface area contributed by atoms with Crippen molar-refractivity contribution in [2.24, 2.45) is 0 Å². The Balaban J connectivity index is 1.53. The SMILES string of the molecule is N#Cc1ccccc1S(=O)(=O)N1CCN(C(=O)c2cc3ccccc3cc2O)CC1. The molecule has 1 N–H and O–H groups in total. The molecule has 0 saturated carbocycles. The second-order valence-corrected chi connectivity index (χ2v) is 8.93. The number of rotatable bonds is 3. The maximum absolute atomic E-state index is 12.9. The van der Waals surface area contributed by atoms with Crippen LogP contribution in [-0.4, -0.2) is 54.8 Å². The van der Waals surface area contributed by atoms with E-state index in [0.29, 0.717) is 0 Å². The van der Waals surface area contributed by atoms with Crippen molar-refractivity contribution in [3.63, 3.8) is 0 Å². The molecule has 152 valence electrons. The molecule has 1 saturated heterocycles. The quantitative estimate of drug-likeness (QED) is 0.700. The number of carbonyl (C=O) groups excluding carboxylic acids is 1. The monoisotopic (exact) mass is 421 g/mol. The van der Waals surface area contributed by atoms with Crippen LogP contribution in [0.3, 0.4) is 0 Å². The third-order valence-corrected chi connectivity index (χ3v) is 7.20. The molecular formula is C22H19N3O4S. The molecule has 3 aromatic carbocycles. The fourth-order valence-electron chi connectivity index (χ4n) is 3.62. The standard InChI is InChI=1S/C22H19N3O4S/c23-15-18-7-3-4-8-21(18)30(28,29)25-11-9-24(10-12-25)22(27)19-13-16-5-1-2-6-17(16)14-20(19)26/h1-8,13-14,26H,9-12H2. The minimum atomic E-state index is -3.83. The number of hydrogen-bond donors (Lipinski definition) is 1. The van der Waals surface area contributed by atoms with Crippen LogP contribution in [-0.2, 0) is 10.0 Å². The van der Waals surface area contributed by atoms with E-state index >= 15 is 0 Å². The highest BCUT2D eigenvalue weighted by molar-refractivity contribution is 7.89. The Morgan fingerprint density at radius 3 is 2.20 bits per heavy atom. The van der Waals surface area contributed by atoms with Gasteiger partial charge in [-0.25, -0.2) is 8.42 Å². The second kappa shape index (κ2) is 7.78. The molecule has 1 aliphatic rings. The van der Waals surface area contributed by atoms with Gasteiger partial charge in [0.15, 0.2) is 0 Å². The molecule has 7 nitrogen and oxygen atoms in total. The zero-order valence-electron chi connectivity index (χ0n) is 16.0. The Bertz CT molecular complexity index is 1270. The van der Waals surface area contributed by atoms with Gasteiger partial charge in [0.2, 0.25) is 10.0 Å². The lowest BCUT2D eigenvalue weighted by atomic mass is 10.0. The van der Waals surface area contributed by atoms with Crippen LogP contribution in [0.4, 0.5) is 0 Å². The number of sulfonamides is 1. The number of carbonyl (C=O) groups is 1. The summed E-state index contributed by atoms with van der Waals surface area (Å²) in [6.45, 7) is 0.614. The van der Waals surface area contributed by atoms with Crippen molar-refractivity contribution >= 4 is 26.7 Å². The molecule has 1 fully saturated rings. The summed E-state index contributed by atoms with van der Waals surface area (Å²) in [5, 5.41) is 21.2. The molecule has 0 unspecified atom stereocenters. The van der Waals surface area contributed by atoms with Crippen LogP contribution in [0.2, 0.25) is 0 Å². The molecule has 30 heavy (non-hydrogen) atoms. The summed E-state index contributed by atoms with van der Waals surface area (Å²) in [6.07, 6.45) is 0. The normalized spacial score (nSPS) is 15.1. The van der Waals surface area contributed by atoms with Crippen molar-refractivity contribution in [3.8, 4) is 11.8 Å². The molecule has 0 aromatic heterocycles. The van der Waals surface area contributed by atoms with Crippen LogP contribution in [0.1, 0.15) is 15.9 Å². The van der Waals surface area contributed by atoms with Crippen molar-refractivity contribution in [1.29, 1.82) is 5.26 Å². The van der Waals surface area contributed by atoms with E-state index in [1.54, 1.807) is 24.3 Å². The van der Waals surface area contributed by atoms with Crippen LogP contribution in [0.5, 0.6) is 5.75 Å². The van der Waals surface area contributed by atoms with E-state index in [9.17, 15) is 23.6 Å². The van der Waals surface area contributed by atoms with E-state index in [0.717, 1.165) is 10.8 Å². The van der Waals surface area contributed by atoms with Crippen LogP contribution >= 0.6 is 0 Å². The number of nitrogens with zero attached hydrogens (tertiary/aromatic N) is 3. The van der Waals surface area contributed by atoms with Crippen molar-refractivity contribution in [2.75, 3.05) is 26.2 Å². The number of amides is 1. The van der Waals surface area contributed by atoms with Gasteiger partial charge < -0.3 is 10.0 Å². The second-order valence-electron chi connectivity index (χ2n) is 7.02. The number of aromatic hydroxyl groups is 1. The van der Waals surface area contributed by atoms with Gasteiger partial charge in [0.25, 0.3) is 5.91 Å². The number of phenols is 1. The predicted molar refractivity (Wildman–Crippen MR) is 111 cm³/mol. The number of nitriles is 1. The minimum absolute atomic E-state index is 0.0283. The Morgan fingerprint density at radius 1 is 0.933 bits per heavy atom. The van der Waals surface area contributed by atoms with Crippen LogP contribution in [0.25, 0.3) is 10.8 Å². The summed E-state index contributed by atoms with van der Waals surface area (Å²) in [5.74, 6) is -0.440. The van der Waals surface area contributed by atoms with E-state index in [4.69, 9.17) is 0 Å². The smallest absolute Gasteiger partial charge is 0.257 e. The summed E-state index contributed by atoms with van der Waals surface area (Å²) >= 11 is 0. The number of benzene rings is 3. The lowest BCUT2D eigenvalue weighted by Gasteiger charge is -2.34. The third kappa shape index (κ3) is 3.49. The van der Waals surface area contributed by atoms with Crippen molar-refractivity contribution < 1.29 is 18.3 Å². The van der Waals surface area contributed by atoms with Crippen molar-refractivity contribution in [3.05, 3.63) is 71.8 Å². The molecule has 0 spiro atoms. The van der Waals surface area contributed by atoms with E-state index in [2.05, 4.69) is 0 Å². The molecule has 0 bridgehead atoms. The summed E-state index contributed by atoms with van der Waals surface area (Å²) in [7, 11) is -3.83. The van der Waals surface area contributed by atoms with E-state index in [-0.39, 0.29) is 53.9 Å².